The number of anilines is 4. The van der Waals surface area contributed by atoms with Gasteiger partial charge in [0.05, 0.1) is 36.9 Å². The number of benzene rings is 2. The second kappa shape index (κ2) is 14.6. The van der Waals surface area contributed by atoms with Gasteiger partial charge < -0.3 is 34.4 Å². The summed E-state index contributed by atoms with van der Waals surface area (Å²) in [4.78, 5) is 22.9. The molecule has 0 saturated heterocycles. The first kappa shape index (κ1) is 34.0. The zero-order valence-electron chi connectivity index (χ0n) is 26.3. The molecule has 16 heteroatoms. The summed E-state index contributed by atoms with van der Waals surface area (Å²) in [6.07, 6.45) is 0.418. The quantitative estimate of drug-likeness (QED) is 0.131. The Balaban J connectivity index is 1.47. The molecule has 1 amide bonds. The molecule has 1 atom stereocenters. The number of carbonyl (C=O) groups is 1. The summed E-state index contributed by atoms with van der Waals surface area (Å²) in [6.45, 7) is 3.19. The van der Waals surface area contributed by atoms with E-state index in [0.29, 0.717) is 48.9 Å². The number of methoxy groups -OCH3 is 1. The van der Waals surface area contributed by atoms with Gasteiger partial charge in [0.1, 0.15) is 17.1 Å². The molecule has 2 aromatic carbocycles. The number of alkyl halides is 3. The lowest BCUT2D eigenvalue weighted by Crippen LogP contribution is -2.18. The van der Waals surface area contributed by atoms with Crippen LogP contribution in [0.3, 0.4) is 0 Å². The van der Waals surface area contributed by atoms with Crippen molar-refractivity contribution < 1.29 is 36.9 Å². The van der Waals surface area contributed by atoms with Crippen molar-refractivity contribution in [3.05, 3.63) is 71.2 Å². The number of nitrogens with one attached hydrogen (secondary N) is 2. The number of ether oxygens (including phenoxy) is 1. The van der Waals surface area contributed by atoms with Gasteiger partial charge in [-0.05, 0) is 48.2 Å². The van der Waals surface area contributed by atoms with Crippen LogP contribution in [0, 0.1) is 0 Å². The van der Waals surface area contributed by atoms with Crippen LogP contribution in [-0.4, -0.2) is 70.1 Å². The van der Waals surface area contributed by atoms with Gasteiger partial charge in [0.15, 0.2) is 8.38 Å². The summed E-state index contributed by atoms with van der Waals surface area (Å²) >= 11 is 0. The average molecular weight is 674 g/mol. The topological polar surface area (TPSA) is 136 Å². The van der Waals surface area contributed by atoms with Gasteiger partial charge in [-0.15, -0.1) is 0 Å². The smallest absolute Gasteiger partial charge is 0.421 e. The molecule has 0 radical (unpaired) electrons. The maximum atomic E-state index is 14.2. The summed E-state index contributed by atoms with van der Waals surface area (Å²) in [6, 6.07) is 8.61. The Morgan fingerprint density at radius 1 is 1.11 bits per heavy atom. The fourth-order valence-electron chi connectivity index (χ4n) is 5.17. The van der Waals surface area contributed by atoms with Gasteiger partial charge in [-0.2, -0.15) is 23.3 Å². The van der Waals surface area contributed by atoms with Crippen molar-refractivity contribution in [3.63, 3.8) is 0 Å². The first-order valence-electron chi connectivity index (χ1n) is 14.7. The largest absolute Gasteiger partial charge is 0.495 e. The summed E-state index contributed by atoms with van der Waals surface area (Å²) in [7, 11) is 3.55. The molecule has 4 aromatic rings. The number of halogens is 3. The van der Waals surface area contributed by atoms with Crippen LogP contribution in [0.2, 0.25) is 0 Å². The third-order valence-corrected chi connectivity index (χ3v) is 8.98. The molecule has 47 heavy (non-hydrogen) atoms. The summed E-state index contributed by atoms with van der Waals surface area (Å²) in [5.74, 6) is -0.566. The second-order valence-electron chi connectivity index (χ2n) is 10.6. The van der Waals surface area contributed by atoms with Crippen molar-refractivity contribution in [2.45, 2.75) is 38.8 Å². The van der Waals surface area contributed by atoms with Crippen LogP contribution in [0.25, 0.3) is 11.1 Å². The molecule has 1 aliphatic heterocycles. The summed E-state index contributed by atoms with van der Waals surface area (Å²) in [5.41, 5.74) is 2.76. The molecule has 0 spiro atoms. The van der Waals surface area contributed by atoms with Crippen molar-refractivity contribution in [1.82, 2.24) is 24.6 Å². The van der Waals surface area contributed by atoms with E-state index in [1.165, 1.54) is 12.0 Å². The highest BCUT2D eigenvalue weighted by atomic mass is 31.2. The first-order chi connectivity index (χ1) is 22.6. The lowest BCUT2D eigenvalue weighted by atomic mass is 9.97. The van der Waals surface area contributed by atoms with Crippen LogP contribution in [0.5, 0.6) is 5.75 Å². The summed E-state index contributed by atoms with van der Waals surface area (Å²) in [5, 5.41) is 19.2. The maximum Gasteiger partial charge on any atom is 0.421 e. The minimum absolute atomic E-state index is 0.0229. The molecule has 0 bridgehead atoms. The van der Waals surface area contributed by atoms with Gasteiger partial charge in [0, 0.05) is 58.0 Å². The standard InChI is InChI=1S/C31H35F3N7O5P/c1-5-46-47(45-4)18-19-7-9-24(26(13-19)44-3)38-30-35-15-23(31(32,33)34)28(39-30)37-25-10-8-21(22-17-40(2)29(43)27(22)25)20-14-36-41(16-20)11-6-12-42/h7-10,13-16,42H,5-6,11-12,17-18H2,1-4H3,(H2,35,37,38,39). The van der Waals surface area contributed by atoms with Gasteiger partial charge in [-0.3, -0.25) is 9.48 Å². The molecular formula is C31H35F3N7O5P. The number of nitrogens with zero attached hydrogens (tertiary/aromatic N) is 5. The highest BCUT2D eigenvalue weighted by molar-refractivity contribution is 7.46. The predicted octanol–water partition coefficient (Wildman–Crippen LogP) is 6.32. The molecule has 1 unspecified atom stereocenters. The Kier molecular flexibility index (Phi) is 10.6. The van der Waals surface area contributed by atoms with Crippen molar-refractivity contribution in [2.24, 2.45) is 0 Å². The van der Waals surface area contributed by atoms with Crippen molar-refractivity contribution in [1.29, 1.82) is 0 Å². The Morgan fingerprint density at radius 3 is 2.60 bits per heavy atom. The Bertz CT molecular complexity index is 1740. The minimum atomic E-state index is -4.78. The van der Waals surface area contributed by atoms with Gasteiger partial charge in [0.2, 0.25) is 5.95 Å². The number of rotatable bonds is 14. The number of hydrogen-bond acceptors (Lipinski definition) is 10. The molecule has 5 rings (SSSR count). The number of aliphatic hydroxyl groups excluding tert-OH is 1. The third kappa shape index (κ3) is 7.65. The number of hydrogen-bond donors (Lipinski definition) is 3. The number of aliphatic hydroxyl groups is 1. The average Bonchev–Trinajstić information content (AvgIpc) is 3.64. The van der Waals surface area contributed by atoms with E-state index < -0.39 is 25.9 Å². The lowest BCUT2D eigenvalue weighted by Gasteiger charge is -2.18. The first-order valence-corrected chi connectivity index (χ1v) is 16.1. The normalized spacial score (nSPS) is 13.5. The minimum Gasteiger partial charge on any atom is -0.495 e. The second-order valence-corrected chi connectivity index (χ2v) is 12.2. The zero-order valence-corrected chi connectivity index (χ0v) is 27.2. The van der Waals surface area contributed by atoms with E-state index in [1.54, 1.807) is 49.3 Å². The van der Waals surface area contributed by atoms with Crippen LogP contribution in [-0.2, 0) is 34.5 Å². The number of aromatic nitrogens is 4. The fraction of sp³-hybridized carbons (Fsp3) is 0.355. The molecule has 3 N–H and O–H groups in total. The zero-order chi connectivity index (χ0) is 33.7. The van der Waals surface area contributed by atoms with Gasteiger partial charge in [0.25, 0.3) is 5.91 Å². The van der Waals surface area contributed by atoms with Crippen LogP contribution in [0.1, 0.15) is 40.4 Å². The maximum absolute atomic E-state index is 14.2. The predicted molar refractivity (Wildman–Crippen MR) is 171 cm³/mol. The van der Waals surface area contributed by atoms with Gasteiger partial charge in [-0.1, -0.05) is 12.1 Å². The van der Waals surface area contributed by atoms with Crippen LogP contribution >= 0.6 is 8.38 Å². The van der Waals surface area contributed by atoms with Gasteiger partial charge in [-0.25, -0.2) is 4.98 Å². The molecular weight excluding hydrogens is 638 g/mol. The summed E-state index contributed by atoms with van der Waals surface area (Å²) < 4.78 is 60.8. The third-order valence-electron chi connectivity index (χ3n) is 7.41. The van der Waals surface area contributed by atoms with Crippen LogP contribution in [0.15, 0.2) is 48.9 Å². The molecule has 0 aliphatic carbocycles. The molecule has 0 saturated carbocycles. The molecule has 2 aromatic heterocycles. The van der Waals surface area contributed by atoms with Crippen molar-refractivity contribution in [3.8, 4) is 16.9 Å². The van der Waals surface area contributed by atoms with Gasteiger partial charge >= 0.3 is 6.18 Å². The van der Waals surface area contributed by atoms with Crippen molar-refractivity contribution in [2.75, 3.05) is 45.1 Å². The Hall–Kier alpha value is -4.30. The van der Waals surface area contributed by atoms with E-state index >= 15 is 0 Å². The fourth-order valence-corrected chi connectivity index (χ4v) is 6.28. The molecule has 3 heterocycles. The molecule has 0 fully saturated rings. The molecule has 1 aliphatic rings. The highest BCUT2D eigenvalue weighted by Crippen LogP contribution is 2.43. The van der Waals surface area contributed by atoms with Crippen LogP contribution in [0.4, 0.5) is 36.3 Å². The SMILES string of the molecule is CCOP(Cc1ccc(Nc2ncc(C(F)(F)F)c(Nc3ccc(-c4cnn(CCCO)c4)c4c3C(=O)N(C)C4)n2)c(OC)c1)OC. The van der Waals surface area contributed by atoms with E-state index in [4.69, 9.17) is 18.9 Å². The monoisotopic (exact) mass is 673 g/mol. The molecule has 12 nitrogen and oxygen atoms in total. The number of fused-ring (bicyclic) bond motifs is 1. The number of carbonyl (C=O) groups excluding carboxylic acids is 1. The number of aryl methyl sites for hydroxylation is 1. The Morgan fingerprint density at radius 2 is 1.89 bits per heavy atom. The number of amides is 1. The van der Waals surface area contributed by atoms with E-state index in [1.807, 2.05) is 19.2 Å². The van der Waals surface area contributed by atoms with Crippen molar-refractivity contribution >= 4 is 37.4 Å². The van der Waals surface area contributed by atoms with E-state index in [-0.39, 0.29) is 36.3 Å². The Labute approximate surface area is 270 Å². The highest BCUT2D eigenvalue weighted by Gasteiger charge is 2.37. The molecule has 250 valence electrons. The van der Waals surface area contributed by atoms with E-state index in [0.717, 1.165) is 16.7 Å². The lowest BCUT2D eigenvalue weighted by molar-refractivity contribution is -0.137. The van der Waals surface area contributed by atoms with E-state index in [9.17, 15) is 18.0 Å². The van der Waals surface area contributed by atoms with E-state index in [2.05, 4.69) is 25.7 Å². The van der Waals surface area contributed by atoms with Crippen LogP contribution < -0.4 is 15.4 Å².